The molecule has 6 heteroatoms. The second kappa shape index (κ2) is 9.92. The smallest absolute Gasteiger partial charge is 0.407 e. The van der Waals surface area contributed by atoms with E-state index in [-0.39, 0.29) is 0 Å². The van der Waals surface area contributed by atoms with E-state index in [0.29, 0.717) is 19.0 Å². The zero-order valence-electron chi connectivity index (χ0n) is 17.8. The molecule has 1 aromatic heterocycles. The van der Waals surface area contributed by atoms with Crippen LogP contribution in [0.1, 0.15) is 48.9 Å². The maximum Gasteiger partial charge on any atom is 0.407 e. The van der Waals surface area contributed by atoms with E-state index in [9.17, 15) is 4.79 Å². The average molecular weight is 400 g/mol. The molecule has 1 saturated carbocycles. The molecule has 2 N–H and O–H groups in total. The Morgan fingerprint density at radius 1 is 1.28 bits per heavy atom. The fourth-order valence-electron chi connectivity index (χ4n) is 3.84. The molecule has 1 aliphatic heterocycles. The van der Waals surface area contributed by atoms with Crippen molar-refractivity contribution in [1.29, 1.82) is 0 Å². The molecule has 2 heterocycles. The zero-order chi connectivity index (χ0) is 20.8. The minimum Gasteiger partial charge on any atom is -0.465 e. The predicted molar refractivity (Wildman–Crippen MR) is 116 cm³/mol. The number of aromatic nitrogens is 1. The van der Waals surface area contributed by atoms with Gasteiger partial charge in [-0.25, -0.2) is 4.79 Å². The lowest BCUT2D eigenvalue weighted by atomic mass is 9.91. The van der Waals surface area contributed by atoms with Gasteiger partial charge in [0.05, 0.1) is 5.69 Å². The van der Waals surface area contributed by atoms with Crippen molar-refractivity contribution in [3.05, 3.63) is 35.0 Å². The minimum atomic E-state index is -0.798. The van der Waals surface area contributed by atoms with Gasteiger partial charge < -0.3 is 19.8 Å². The number of carboxylic acid groups (broad SMARTS) is 1. The third kappa shape index (κ3) is 5.60. The summed E-state index contributed by atoms with van der Waals surface area (Å²) >= 11 is 0. The minimum absolute atomic E-state index is 0.569. The Balaban J connectivity index is 0.000000755. The highest BCUT2D eigenvalue weighted by Crippen LogP contribution is 2.32. The van der Waals surface area contributed by atoms with Crippen LogP contribution in [-0.2, 0) is 6.42 Å². The van der Waals surface area contributed by atoms with E-state index in [1.54, 1.807) is 0 Å². The second-order valence-corrected chi connectivity index (χ2v) is 8.23. The van der Waals surface area contributed by atoms with Crippen molar-refractivity contribution in [1.82, 2.24) is 15.4 Å². The Morgan fingerprint density at radius 2 is 1.97 bits per heavy atom. The summed E-state index contributed by atoms with van der Waals surface area (Å²) in [5, 5.41) is 17.2. The number of likely N-dealkylation sites (tertiary alicyclic amines) is 1. The van der Waals surface area contributed by atoms with E-state index in [2.05, 4.69) is 41.7 Å². The number of hydrogen-bond acceptors (Lipinski definition) is 4. The monoisotopic (exact) mass is 399 g/mol. The van der Waals surface area contributed by atoms with Gasteiger partial charge in [-0.15, -0.1) is 0 Å². The van der Waals surface area contributed by atoms with Gasteiger partial charge in [0.1, 0.15) is 0 Å². The summed E-state index contributed by atoms with van der Waals surface area (Å²) in [4.78, 5) is 12.5. The standard InChI is InChI=1S/C21H26N2O3.C2H7N/c1-14-17(6-4-15-2-3-15)7-8-18-19(22-26-20(14)18)9-5-16-10-12-23(13-11-16)21(24)25;1-3-2/h4,6-8,15-16H,2-3,5,9-13H2,1H3,(H,24,25);3H,1-2H3. The fraction of sp³-hybridized carbons (Fsp3) is 0.565. The highest BCUT2D eigenvalue weighted by atomic mass is 16.5. The third-order valence-corrected chi connectivity index (χ3v) is 5.85. The van der Waals surface area contributed by atoms with Crippen molar-refractivity contribution >= 4 is 23.1 Å². The first-order chi connectivity index (χ1) is 14.0. The van der Waals surface area contributed by atoms with Gasteiger partial charge in [0, 0.05) is 24.0 Å². The molecule has 158 valence electrons. The van der Waals surface area contributed by atoms with Gasteiger partial charge in [-0.05, 0) is 83.0 Å². The summed E-state index contributed by atoms with van der Waals surface area (Å²) in [6.07, 6.45) is 10.2. The number of benzene rings is 1. The van der Waals surface area contributed by atoms with E-state index < -0.39 is 6.09 Å². The van der Waals surface area contributed by atoms with Crippen LogP contribution in [0, 0.1) is 18.8 Å². The van der Waals surface area contributed by atoms with Crippen LogP contribution in [0.2, 0.25) is 0 Å². The predicted octanol–water partition coefficient (Wildman–Crippen LogP) is 4.72. The van der Waals surface area contributed by atoms with Gasteiger partial charge in [0.25, 0.3) is 0 Å². The van der Waals surface area contributed by atoms with Crippen molar-refractivity contribution in [2.24, 2.45) is 11.8 Å². The number of nitrogens with zero attached hydrogens (tertiary/aromatic N) is 2. The van der Waals surface area contributed by atoms with Crippen molar-refractivity contribution in [2.75, 3.05) is 27.2 Å². The number of allylic oxidation sites excluding steroid dienone is 1. The Morgan fingerprint density at radius 3 is 2.59 bits per heavy atom. The summed E-state index contributed by atoms with van der Waals surface area (Å²) < 4.78 is 5.66. The first-order valence-corrected chi connectivity index (χ1v) is 10.7. The number of carbonyl (C=O) groups is 1. The van der Waals surface area contributed by atoms with E-state index in [0.717, 1.165) is 53.8 Å². The SMILES string of the molecule is CNC.Cc1c(C=CC2CC2)ccc2c(CCC3CCN(C(=O)O)CC3)noc12. The molecule has 2 fully saturated rings. The fourth-order valence-corrected chi connectivity index (χ4v) is 3.84. The molecule has 2 aromatic rings. The van der Waals surface area contributed by atoms with Gasteiger partial charge in [0.15, 0.2) is 5.58 Å². The number of aryl methyl sites for hydroxylation is 2. The summed E-state index contributed by atoms with van der Waals surface area (Å²) in [5.74, 6) is 1.34. The molecule has 0 spiro atoms. The van der Waals surface area contributed by atoms with Crippen molar-refractivity contribution in [3.63, 3.8) is 0 Å². The summed E-state index contributed by atoms with van der Waals surface area (Å²) in [7, 11) is 3.75. The molecule has 1 aromatic carbocycles. The van der Waals surface area contributed by atoms with Crippen LogP contribution >= 0.6 is 0 Å². The molecule has 0 bridgehead atoms. The number of hydrogen-bond donors (Lipinski definition) is 2. The molecule has 0 unspecified atom stereocenters. The summed E-state index contributed by atoms with van der Waals surface area (Å²) in [6.45, 7) is 3.40. The van der Waals surface area contributed by atoms with Crippen LogP contribution in [0.25, 0.3) is 17.0 Å². The molecular formula is C23H33N3O3. The van der Waals surface area contributed by atoms with Crippen LogP contribution in [0.3, 0.4) is 0 Å². The lowest BCUT2D eigenvalue weighted by Crippen LogP contribution is -2.37. The Kier molecular flexibility index (Phi) is 7.31. The third-order valence-electron chi connectivity index (χ3n) is 5.85. The molecule has 2 aliphatic rings. The number of rotatable bonds is 5. The maximum absolute atomic E-state index is 11.0. The van der Waals surface area contributed by atoms with Crippen LogP contribution in [0.15, 0.2) is 22.7 Å². The normalized spacial score (nSPS) is 17.6. The van der Waals surface area contributed by atoms with Gasteiger partial charge in [0.2, 0.25) is 0 Å². The van der Waals surface area contributed by atoms with Crippen LogP contribution in [-0.4, -0.2) is 48.4 Å². The second-order valence-electron chi connectivity index (χ2n) is 8.23. The first kappa shape index (κ1) is 21.4. The van der Waals surface area contributed by atoms with Gasteiger partial charge >= 0.3 is 6.09 Å². The Hall–Kier alpha value is -2.34. The van der Waals surface area contributed by atoms with Gasteiger partial charge in [-0.1, -0.05) is 23.4 Å². The van der Waals surface area contributed by atoms with Crippen molar-refractivity contribution < 1.29 is 14.4 Å². The summed E-state index contributed by atoms with van der Waals surface area (Å²) in [5.41, 5.74) is 4.31. The van der Waals surface area contributed by atoms with E-state index in [1.165, 1.54) is 23.3 Å². The number of fused-ring (bicyclic) bond motifs is 1. The van der Waals surface area contributed by atoms with Crippen LogP contribution in [0.4, 0.5) is 4.79 Å². The molecule has 4 rings (SSSR count). The highest BCUT2D eigenvalue weighted by molar-refractivity contribution is 5.85. The topological polar surface area (TPSA) is 78.6 Å². The maximum atomic E-state index is 11.0. The molecule has 0 atom stereocenters. The summed E-state index contributed by atoms with van der Waals surface area (Å²) in [6, 6.07) is 4.30. The molecule has 0 radical (unpaired) electrons. The molecule has 1 saturated heterocycles. The molecule has 1 aliphatic carbocycles. The highest BCUT2D eigenvalue weighted by Gasteiger charge is 2.23. The Bertz CT molecular complexity index is 846. The Labute approximate surface area is 172 Å². The first-order valence-electron chi connectivity index (χ1n) is 10.7. The van der Waals surface area contributed by atoms with Gasteiger partial charge in [-0.3, -0.25) is 0 Å². The zero-order valence-corrected chi connectivity index (χ0v) is 17.8. The van der Waals surface area contributed by atoms with E-state index >= 15 is 0 Å². The van der Waals surface area contributed by atoms with Crippen LogP contribution in [0.5, 0.6) is 0 Å². The largest absolute Gasteiger partial charge is 0.465 e. The molecular weight excluding hydrogens is 366 g/mol. The number of amides is 1. The van der Waals surface area contributed by atoms with Crippen molar-refractivity contribution in [2.45, 2.75) is 45.4 Å². The van der Waals surface area contributed by atoms with Crippen molar-refractivity contribution in [3.8, 4) is 0 Å². The lowest BCUT2D eigenvalue weighted by molar-refractivity contribution is 0.123. The average Bonchev–Trinajstić information content (AvgIpc) is 3.45. The molecule has 1 amide bonds. The van der Waals surface area contributed by atoms with Crippen LogP contribution < -0.4 is 5.32 Å². The van der Waals surface area contributed by atoms with E-state index in [4.69, 9.17) is 9.63 Å². The quantitative estimate of drug-likeness (QED) is 0.761. The molecule has 6 nitrogen and oxygen atoms in total. The van der Waals surface area contributed by atoms with Gasteiger partial charge in [-0.2, -0.15) is 0 Å². The lowest BCUT2D eigenvalue weighted by Gasteiger charge is -2.29. The molecule has 29 heavy (non-hydrogen) atoms. The van der Waals surface area contributed by atoms with E-state index in [1.807, 2.05) is 14.1 Å². The number of piperidine rings is 1. The number of nitrogens with one attached hydrogen (secondary N) is 1.